The maximum atomic E-state index is 13.6. The van der Waals surface area contributed by atoms with Crippen molar-refractivity contribution in [3.63, 3.8) is 0 Å². The zero-order valence-corrected chi connectivity index (χ0v) is 13.6. The molecule has 0 unspecified atom stereocenters. The molecule has 1 atom stereocenters. The monoisotopic (exact) mass is 348 g/mol. The van der Waals surface area contributed by atoms with Crippen molar-refractivity contribution in [2.75, 3.05) is 7.11 Å². The van der Waals surface area contributed by atoms with E-state index in [0.29, 0.717) is 5.75 Å². The summed E-state index contributed by atoms with van der Waals surface area (Å²) in [5.74, 6) is -2.49. The van der Waals surface area contributed by atoms with Crippen molar-refractivity contribution in [3.8, 4) is 5.75 Å². The van der Waals surface area contributed by atoms with Crippen molar-refractivity contribution >= 4 is 11.8 Å². The van der Waals surface area contributed by atoms with Gasteiger partial charge in [-0.25, -0.2) is 8.78 Å². The van der Waals surface area contributed by atoms with Crippen LogP contribution in [0, 0.1) is 11.6 Å². The fourth-order valence-electron chi connectivity index (χ4n) is 2.37. The maximum absolute atomic E-state index is 13.6. The average Bonchev–Trinajstić information content (AvgIpc) is 2.58. The zero-order chi connectivity index (χ0) is 18.4. The van der Waals surface area contributed by atoms with Crippen molar-refractivity contribution in [1.82, 2.24) is 5.32 Å². The van der Waals surface area contributed by atoms with E-state index in [9.17, 15) is 18.4 Å². The number of carbonyl (C=O) groups excluding carboxylic acids is 2. The van der Waals surface area contributed by atoms with Crippen molar-refractivity contribution in [2.45, 2.75) is 18.9 Å². The van der Waals surface area contributed by atoms with Gasteiger partial charge in [0.2, 0.25) is 11.8 Å². The van der Waals surface area contributed by atoms with Gasteiger partial charge in [0.15, 0.2) is 0 Å². The Morgan fingerprint density at radius 2 is 1.80 bits per heavy atom. The number of rotatable bonds is 7. The molecular weight excluding hydrogens is 330 g/mol. The molecule has 0 radical (unpaired) electrons. The molecule has 0 spiro atoms. The number of ether oxygens (including phenoxy) is 1. The molecule has 7 heteroatoms. The summed E-state index contributed by atoms with van der Waals surface area (Å²) < 4.78 is 32.3. The lowest BCUT2D eigenvalue weighted by atomic mass is 10.0. The van der Waals surface area contributed by atoms with Gasteiger partial charge >= 0.3 is 0 Å². The first kappa shape index (κ1) is 18.4. The highest BCUT2D eigenvalue weighted by Crippen LogP contribution is 2.15. The Bertz CT molecular complexity index is 760. The number of halogens is 2. The summed E-state index contributed by atoms with van der Waals surface area (Å²) in [6, 6.07) is 9.27. The van der Waals surface area contributed by atoms with E-state index in [1.807, 2.05) is 0 Å². The predicted molar refractivity (Wildman–Crippen MR) is 87.9 cm³/mol. The Kier molecular flexibility index (Phi) is 6.05. The van der Waals surface area contributed by atoms with E-state index in [-0.39, 0.29) is 12.0 Å². The molecule has 0 saturated heterocycles. The Morgan fingerprint density at radius 1 is 1.16 bits per heavy atom. The van der Waals surface area contributed by atoms with Crippen LogP contribution in [-0.4, -0.2) is 25.0 Å². The van der Waals surface area contributed by atoms with Crippen molar-refractivity contribution in [3.05, 3.63) is 65.2 Å². The van der Waals surface area contributed by atoms with Crippen molar-refractivity contribution in [1.29, 1.82) is 0 Å². The third-order valence-electron chi connectivity index (χ3n) is 3.65. The van der Waals surface area contributed by atoms with Crippen LogP contribution in [0.15, 0.2) is 42.5 Å². The molecule has 2 rings (SSSR count). The quantitative estimate of drug-likeness (QED) is 0.800. The topological polar surface area (TPSA) is 81.4 Å². The second-order valence-corrected chi connectivity index (χ2v) is 5.46. The average molecular weight is 348 g/mol. The number of hydrogen-bond donors (Lipinski definition) is 2. The molecule has 132 valence electrons. The molecule has 2 aromatic carbocycles. The molecule has 2 amide bonds. The lowest BCUT2D eigenvalue weighted by molar-refractivity contribution is -0.127. The van der Waals surface area contributed by atoms with Crippen LogP contribution in [0.1, 0.15) is 11.1 Å². The van der Waals surface area contributed by atoms with Gasteiger partial charge in [0.25, 0.3) is 0 Å². The SMILES string of the molecule is COc1cccc(C[C@H](NC(=O)Cc2c(F)cccc2F)C(N)=O)c1. The van der Waals surface area contributed by atoms with E-state index in [1.54, 1.807) is 24.3 Å². The minimum absolute atomic E-state index is 0.137. The summed E-state index contributed by atoms with van der Waals surface area (Å²) in [5.41, 5.74) is 5.69. The number of nitrogens with one attached hydrogen (secondary N) is 1. The van der Waals surface area contributed by atoms with E-state index in [2.05, 4.69) is 5.32 Å². The molecule has 0 bridgehead atoms. The number of amides is 2. The molecule has 3 N–H and O–H groups in total. The van der Waals surface area contributed by atoms with Crippen LogP contribution in [0.2, 0.25) is 0 Å². The normalized spacial score (nSPS) is 11.6. The lowest BCUT2D eigenvalue weighted by Crippen LogP contribution is -2.46. The van der Waals surface area contributed by atoms with E-state index >= 15 is 0 Å². The first-order valence-electron chi connectivity index (χ1n) is 7.55. The van der Waals surface area contributed by atoms with Crippen LogP contribution in [0.3, 0.4) is 0 Å². The molecule has 25 heavy (non-hydrogen) atoms. The summed E-state index contributed by atoms with van der Waals surface area (Å²) in [5, 5.41) is 2.42. The highest BCUT2D eigenvalue weighted by Gasteiger charge is 2.21. The number of benzene rings is 2. The zero-order valence-electron chi connectivity index (χ0n) is 13.6. The highest BCUT2D eigenvalue weighted by molar-refractivity contribution is 5.87. The Balaban J connectivity index is 2.08. The van der Waals surface area contributed by atoms with Gasteiger partial charge in [0, 0.05) is 12.0 Å². The van der Waals surface area contributed by atoms with E-state index in [0.717, 1.165) is 17.7 Å². The summed E-state index contributed by atoms with van der Waals surface area (Å²) in [7, 11) is 1.51. The second kappa shape index (κ2) is 8.23. The molecule has 0 fully saturated rings. The van der Waals surface area contributed by atoms with Gasteiger partial charge in [-0.3, -0.25) is 9.59 Å². The number of hydrogen-bond acceptors (Lipinski definition) is 3. The molecule has 0 heterocycles. The molecule has 0 aliphatic carbocycles. The number of carbonyl (C=O) groups is 2. The molecular formula is C18H18F2N2O3. The molecule has 0 aromatic heterocycles. The summed E-state index contributed by atoms with van der Waals surface area (Å²) in [6.07, 6.45) is -0.390. The first-order valence-corrected chi connectivity index (χ1v) is 7.55. The molecule has 2 aromatic rings. The van der Waals surface area contributed by atoms with Crippen LogP contribution in [0.4, 0.5) is 8.78 Å². The van der Waals surface area contributed by atoms with Gasteiger partial charge in [0.05, 0.1) is 13.5 Å². The van der Waals surface area contributed by atoms with Gasteiger partial charge in [-0.2, -0.15) is 0 Å². The number of nitrogens with two attached hydrogens (primary N) is 1. The fourth-order valence-corrected chi connectivity index (χ4v) is 2.37. The molecule has 0 aliphatic heterocycles. The Morgan fingerprint density at radius 3 is 2.40 bits per heavy atom. The lowest BCUT2D eigenvalue weighted by Gasteiger charge is -2.16. The van der Waals surface area contributed by atoms with Crippen LogP contribution in [-0.2, 0) is 22.4 Å². The number of primary amides is 1. The largest absolute Gasteiger partial charge is 0.497 e. The third kappa shape index (κ3) is 5.00. The van der Waals surface area contributed by atoms with Gasteiger partial charge in [0.1, 0.15) is 23.4 Å². The van der Waals surface area contributed by atoms with E-state index in [4.69, 9.17) is 10.5 Å². The van der Waals surface area contributed by atoms with Gasteiger partial charge in [-0.05, 0) is 29.8 Å². The summed E-state index contributed by atoms with van der Waals surface area (Å²) in [4.78, 5) is 23.7. The maximum Gasteiger partial charge on any atom is 0.240 e. The van der Waals surface area contributed by atoms with E-state index < -0.39 is 35.9 Å². The minimum atomic E-state index is -1.01. The van der Waals surface area contributed by atoms with Crippen LogP contribution in [0.25, 0.3) is 0 Å². The predicted octanol–water partition coefficient (Wildman–Crippen LogP) is 1.73. The Labute approximate surface area is 143 Å². The molecule has 0 aliphatic rings. The minimum Gasteiger partial charge on any atom is -0.497 e. The van der Waals surface area contributed by atoms with Crippen LogP contribution < -0.4 is 15.8 Å². The van der Waals surface area contributed by atoms with Gasteiger partial charge in [-0.1, -0.05) is 18.2 Å². The second-order valence-electron chi connectivity index (χ2n) is 5.46. The Hall–Kier alpha value is -2.96. The van der Waals surface area contributed by atoms with Gasteiger partial charge < -0.3 is 15.8 Å². The van der Waals surface area contributed by atoms with Crippen LogP contribution >= 0.6 is 0 Å². The standard InChI is InChI=1S/C18H18F2N2O3/c1-25-12-5-2-4-11(8-12)9-16(18(21)24)22-17(23)10-13-14(19)6-3-7-15(13)20/h2-8,16H,9-10H2,1H3,(H2,21,24)(H,22,23)/t16-/m0/s1. The summed E-state index contributed by atoms with van der Waals surface area (Å²) >= 11 is 0. The van der Waals surface area contributed by atoms with Crippen molar-refractivity contribution < 1.29 is 23.1 Å². The van der Waals surface area contributed by atoms with Gasteiger partial charge in [-0.15, -0.1) is 0 Å². The summed E-state index contributed by atoms with van der Waals surface area (Å²) in [6.45, 7) is 0. The number of methoxy groups -OCH3 is 1. The molecule has 5 nitrogen and oxygen atoms in total. The third-order valence-corrected chi connectivity index (χ3v) is 3.65. The van der Waals surface area contributed by atoms with E-state index in [1.165, 1.54) is 13.2 Å². The van der Waals surface area contributed by atoms with Crippen LogP contribution in [0.5, 0.6) is 5.75 Å². The van der Waals surface area contributed by atoms with Crippen molar-refractivity contribution in [2.24, 2.45) is 5.73 Å². The molecule has 0 saturated carbocycles. The smallest absolute Gasteiger partial charge is 0.240 e. The highest BCUT2D eigenvalue weighted by atomic mass is 19.1. The first-order chi connectivity index (χ1) is 11.9. The fraction of sp³-hybridized carbons (Fsp3) is 0.222.